The van der Waals surface area contributed by atoms with E-state index in [1.54, 1.807) is 0 Å². The first kappa shape index (κ1) is 43.4. The lowest BCUT2D eigenvalue weighted by Crippen LogP contribution is -2.14. The Morgan fingerprint density at radius 3 is 0.800 bits per heavy atom. The summed E-state index contributed by atoms with van der Waals surface area (Å²) >= 11 is 0. The first-order valence-corrected chi connectivity index (χ1v) is 19.6. The minimum atomic E-state index is -0.848. The molecule has 0 radical (unpaired) electrons. The van der Waals surface area contributed by atoms with Crippen LogP contribution in [-0.2, 0) is 14.4 Å². The fourth-order valence-electron chi connectivity index (χ4n) is 6.59. The van der Waals surface area contributed by atoms with Crippen LogP contribution in [-0.4, -0.2) is 33.2 Å². The summed E-state index contributed by atoms with van der Waals surface area (Å²) < 4.78 is 0. The van der Waals surface area contributed by atoms with Gasteiger partial charge in [0.1, 0.15) is 0 Å². The molecule has 45 heavy (non-hydrogen) atoms. The van der Waals surface area contributed by atoms with Crippen molar-refractivity contribution in [1.29, 1.82) is 0 Å². The number of carbonyl (C=O) groups is 3. The van der Waals surface area contributed by atoms with Gasteiger partial charge in [-0.15, -0.1) is 0 Å². The van der Waals surface area contributed by atoms with Gasteiger partial charge in [0, 0.05) is 6.42 Å². The topological polar surface area (TPSA) is 112 Å². The van der Waals surface area contributed by atoms with Crippen LogP contribution < -0.4 is 0 Å². The van der Waals surface area contributed by atoms with E-state index in [0.717, 1.165) is 38.5 Å². The van der Waals surface area contributed by atoms with Crippen LogP contribution >= 0.6 is 0 Å². The molecule has 6 nitrogen and oxygen atoms in total. The largest absolute Gasteiger partial charge is 0.481 e. The third-order valence-corrected chi connectivity index (χ3v) is 9.65. The lowest BCUT2D eigenvalue weighted by Gasteiger charge is -2.12. The highest BCUT2D eigenvalue weighted by Crippen LogP contribution is 2.21. The fraction of sp³-hybridized carbons (Fsp3) is 0.923. The second-order valence-corrected chi connectivity index (χ2v) is 13.9. The first-order chi connectivity index (χ1) is 21.9. The zero-order chi connectivity index (χ0) is 33.2. The van der Waals surface area contributed by atoms with E-state index in [2.05, 4.69) is 6.92 Å². The average molecular weight is 639 g/mol. The van der Waals surface area contributed by atoms with E-state index < -0.39 is 17.9 Å². The van der Waals surface area contributed by atoms with Crippen LogP contribution in [0, 0.1) is 11.8 Å². The number of aliphatic carboxylic acids is 3. The molecule has 0 aromatic carbocycles. The number of unbranched alkanes of at least 4 members (excludes halogenated alkanes) is 25. The van der Waals surface area contributed by atoms with Crippen LogP contribution in [0.5, 0.6) is 0 Å². The summed E-state index contributed by atoms with van der Waals surface area (Å²) in [4.78, 5) is 33.5. The number of rotatable bonds is 37. The van der Waals surface area contributed by atoms with E-state index in [-0.39, 0.29) is 18.3 Å². The molecule has 0 aromatic rings. The van der Waals surface area contributed by atoms with Gasteiger partial charge < -0.3 is 15.3 Å². The summed E-state index contributed by atoms with van der Waals surface area (Å²) in [5.74, 6) is -2.72. The Morgan fingerprint density at radius 2 is 0.578 bits per heavy atom. The van der Waals surface area contributed by atoms with E-state index >= 15 is 0 Å². The maximum atomic E-state index is 11.5. The monoisotopic (exact) mass is 639 g/mol. The molecule has 0 aliphatic rings. The number of carboxylic acid groups (broad SMARTS) is 3. The Labute approximate surface area is 277 Å². The van der Waals surface area contributed by atoms with Crippen LogP contribution in [0.15, 0.2) is 0 Å². The van der Waals surface area contributed by atoms with E-state index in [0.29, 0.717) is 19.3 Å². The highest BCUT2D eigenvalue weighted by Gasteiger charge is 2.17. The lowest BCUT2D eigenvalue weighted by atomic mass is 9.94. The van der Waals surface area contributed by atoms with Crippen molar-refractivity contribution in [3.05, 3.63) is 0 Å². The van der Waals surface area contributed by atoms with Gasteiger partial charge in [-0.05, 0) is 32.1 Å². The van der Waals surface area contributed by atoms with Crippen molar-refractivity contribution in [3.8, 4) is 0 Å². The van der Waals surface area contributed by atoms with Crippen LogP contribution in [0.25, 0.3) is 0 Å². The van der Waals surface area contributed by atoms with E-state index in [4.69, 9.17) is 5.11 Å². The van der Waals surface area contributed by atoms with Crippen molar-refractivity contribution in [2.24, 2.45) is 11.8 Å². The summed E-state index contributed by atoms with van der Waals surface area (Å²) in [7, 11) is 0. The highest BCUT2D eigenvalue weighted by molar-refractivity contribution is 5.70. The Bertz CT molecular complexity index is 678. The van der Waals surface area contributed by atoms with Gasteiger partial charge in [0.25, 0.3) is 0 Å². The Kier molecular flexibility index (Phi) is 32.6. The molecule has 0 aliphatic carbocycles. The lowest BCUT2D eigenvalue weighted by molar-refractivity contribution is -0.143. The van der Waals surface area contributed by atoms with Gasteiger partial charge in [-0.25, -0.2) is 0 Å². The highest BCUT2D eigenvalue weighted by atomic mass is 16.4. The molecule has 0 aromatic heterocycles. The summed E-state index contributed by atoms with van der Waals surface area (Å²) in [5, 5.41) is 27.5. The summed E-state index contributed by atoms with van der Waals surface area (Å²) in [6.45, 7) is 2.23. The van der Waals surface area contributed by atoms with Gasteiger partial charge in [-0.2, -0.15) is 0 Å². The van der Waals surface area contributed by atoms with Gasteiger partial charge in [0.15, 0.2) is 0 Å². The van der Waals surface area contributed by atoms with Gasteiger partial charge in [-0.1, -0.05) is 180 Å². The molecule has 0 bridgehead atoms. The zero-order valence-electron chi connectivity index (χ0n) is 29.6. The van der Waals surface area contributed by atoms with Crippen LogP contribution in [0.4, 0.5) is 0 Å². The molecule has 0 saturated heterocycles. The standard InChI is InChI=1S/C39H74O6/c1-2-3-4-5-23-26-30-35(38(42)43)31-27-24-21-19-17-15-13-11-9-7-6-8-10-12-14-16-18-20-22-25-28-32-36(39(44)45)33-29-34-37(40)41/h35-36H,2-34H2,1H3,(H,40,41)(H,42,43)(H,44,45). The third kappa shape index (κ3) is 32.2. The van der Waals surface area contributed by atoms with Gasteiger partial charge in [-0.3, -0.25) is 14.4 Å². The molecular weight excluding hydrogens is 564 g/mol. The molecule has 0 heterocycles. The summed E-state index contributed by atoms with van der Waals surface area (Å²) in [6, 6.07) is 0. The van der Waals surface area contributed by atoms with E-state index in [1.807, 2.05) is 0 Å². The molecule has 2 atom stereocenters. The minimum absolute atomic E-state index is 0.0617. The summed E-state index contributed by atoms with van der Waals surface area (Å²) in [6.07, 6.45) is 37.6. The molecule has 0 aliphatic heterocycles. The van der Waals surface area contributed by atoms with Crippen LogP contribution in [0.1, 0.15) is 219 Å². The second kappa shape index (κ2) is 33.8. The molecule has 2 unspecified atom stereocenters. The predicted molar refractivity (Wildman–Crippen MR) is 188 cm³/mol. The normalized spacial score (nSPS) is 12.7. The molecule has 0 fully saturated rings. The molecule has 6 heteroatoms. The fourth-order valence-corrected chi connectivity index (χ4v) is 6.59. The van der Waals surface area contributed by atoms with Crippen molar-refractivity contribution in [2.45, 2.75) is 219 Å². The van der Waals surface area contributed by atoms with Crippen LogP contribution in [0.3, 0.4) is 0 Å². The third-order valence-electron chi connectivity index (χ3n) is 9.65. The molecular formula is C39H74O6. The predicted octanol–water partition coefficient (Wildman–Crippen LogP) is 12.4. The number of carboxylic acids is 3. The average Bonchev–Trinajstić information content (AvgIpc) is 3.00. The van der Waals surface area contributed by atoms with E-state index in [1.165, 1.54) is 148 Å². The molecule has 0 spiro atoms. The minimum Gasteiger partial charge on any atom is -0.481 e. The second-order valence-electron chi connectivity index (χ2n) is 13.9. The SMILES string of the molecule is CCCCCCCCC(CCCCCCCCCCCCCCCCCCCCCCCC(CCCC(=O)O)C(=O)O)C(=O)O. The van der Waals surface area contributed by atoms with Crippen molar-refractivity contribution >= 4 is 17.9 Å². The van der Waals surface area contributed by atoms with Crippen molar-refractivity contribution in [3.63, 3.8) is 0 Å². The van der Waals surface area contributed by atoms with Crippen LogP contribution in [0.2, 0.25) is 0 Å². The number of hydrogen-bond acceptors (Lipinski definition) is 3. The maximum absolute atomic E-state index is 11.5. The van der Waals surface area contributed by atoms with Gasteiger partial charge in [0.05, 0.1) is 11.8 Å². The molecule has 0 saturated carbocycles. The number of hydrogen-bond donors (Lipinski definition) is 3. The van der Waals surface area contributed by atoms with Crippen molar-refractivity contribution < 1.29 is 29.7 Å². The maximum Gasteiger partial charge on any atom is 0.306 e. The first-order valence-electron chi connectivity index (χ1n) is 19.6. The molecule has 266 valence electrons. The Hall–Kier alpha value is -1.59. The van der Waals surface area contributed by atoms with Crippen molar-refractivity contribution in [1.82, 2.24) is 0 Å². The molecule has 0 rings (SSSR count). The molecule has 3 N–H and O–H groups in total. The smallest absolute Gasteiger partial charge is 0.306 e. The Morgan fingerprint density at radius 1 is 0.356 bits per heavy atom. The zero-order valence-corrected chi connectivity index (χ0v) is 29.6. The quantitative estimate of drug-likeness (QED) is 0.0584. The Balaban J connectivity index is 3.36. The van der Waals surface area contributed by atoms with Gasteiger partial charge in [0.2, 0.25) is 0 Å². The molecule has 0 amide bonds. The van der Waals surface area contributed by atoms with E-state index in [9.17, 15) is 24.6 Å². The summed E-state index contributed by atoms with van der Waals surface area (Å²) in [5.41, 5.74) is 0. The van der Waals surface area contributed by atoms with Crippen molar-refractivity contribution in [2.75, 3.05) is 0 Å². The van der Waals surface area contributed by atoms with Gasteiger partial charge >= 0.3 is 17.9 Å².